The predicted molar refractivity (Wildman–Crippen MR) is 69.8 cm³/mol. The summed E-state index contributed by atoms with van der Waals surface area (Å²) in [5.41, 5.74) is 2.91. The summed E-state index contributed by atoms with van der Waals surface area (Å²) in [4.78, 5) is 0. The van der Waals surface area contributed by atoms with Gasteiger partial charge in [0.05, 0.1) is 6.10 Å². The molecule has 1 aromatic rings. The van der Waals surface area contributed by atoms with E-state index in [1.54, 1.807) is 0 Å². The van der Waals surface area contributed by atoms with E-state index < -0.39 is 0 Å². The Hall–Kier alpha value is -0.820. The molecule has 1 atom stereocenters. The summed E-state index contributed by atoms with van der Waals surface area (Å²) < 4.78 is 0. The maximum Gasteiger partial charge on any atom is 0.0540 e. The number of rotatable bonds is 4. The SMILES string of the molecule is CCC(O)CCc1ccc(C(C)(C)C)cc1. The van der Waals surface area contributed by atoms with Gasteiger partial charge in [0.25, 0.3) is 0 Å². The van der Waals surface area contributed by atoms with Crippen molar-refractivity contribution in [2.75, 3.05) is 0 Å². The zero-order valence-corrected chi connectivity index (χ0v) is 11.0. The molecular formula is C15H24O. The fraction of sp³-hybridized carbons (Fsp3) is 0.600. The molecule has 0 heterocycles. The molecule has 0 amide bonds. The van der Waals surface area contributed by atoms with Crippen molar-refractivity contribution >= 4 is 0 Å². The summed E-state index contributed by atoms with van der Waals surface area (Å²) in [6, 6.07) is 8.77. The molecule has 1 heteroatoms. The van der Waals surface area contributed by atoms with E-state index in [4.69, 9.17) is 0 Å². The summed E-state index contributed by atoms with van der Waals surface area (Å²) in [6.07, 6.45) is 2.53. The van der Waals surface area contributed by atoms with Gasteiger partial charge in [0.2, 0.25) is 0 Å². The molecule has 0 saturated carbocycles. The smallest absolute Gasteiger partial charge is 0.0540 e. The van der Waals surface area contributed by atoms with Gasteiger partial charge in [0.15, 0.2) is 0 Å². The molecule has 1 rings (SSSR count). The molecule has 90 valence electrons. The van der Waals surface area contributed by atoms with Gasteiger partial charge in [-0.1, -0.05) is 52.0 Å². The van der Waals surface area contributed by atoms with Crippen molar-refractivity contribution in [3.63, 3.8) is 0 Å². The normalized spacial score (nSPS) is 13.8. The van der Waals surface area contributed by atoms with Gasteiger partial charge in [-0.25, -0.2) is 0 Å². The first-order valence-corrected chi connectivity index (χ1v) is 6.21. The second kappa shape index (κ2) is 5.49. The highest BCUT2D eigenvalue weighted by Crippen LogP contribution is 2.22. The second-order valence-electron chi connectivity index (χ2n) is 5.55. The zero-order valence-electron chi connectivity index (χ0n) is 11.0. The van der Waals surface area contributed by atoms with Crippen LogP contribution in [0.5, 0.6) is 0 Å². The number of hydrogen-bond acceptors (Lipinski definition) is 1. The molecule has 16 heavy (non-hydrogen) atoms. The summed E-state index contributed by atoms with van der Waals surface area (Å²) >= 11 is 0. The number of benzene rings is 1. The van der Waals surface area contributed by atoms with Crippen molar-refractivity contribution in [1.29, 1.82) is 0 Å². The highest BCUT2D eigenvalue weighted by atomic mass is 16.3. The molecule has 1 N–H and O–H groups in total. The van der Waals surface area contributed by atoms with E-state index >= 15 is 0 Å². The highest BCUT2D eigenvalue weighted by molar-refractivity contribution is 5.27. The van der Waals surface area contributed by atoms with Crippen molar-refractivity contribution in [3.8, 4) is 0 Å². The quantitative estimate of drug-likeness (QED) is 0.820. The molecule has 1 nitrogen and oxygen atoms in total. The van der Waals surface area contributed by atoms with Gasteiger partial charge in [-0.2, -0.15) is 0 Å². The third kappa shape index (κ3) is 3.97. The van der Waals surface area contributed by atoms with Crippen LogP contribution in [-0.2, 0) is 11.8 Å². The third-order valence-corrected chi connectivity index (χ3v) is 3.06. The van der Waals surface area contributed by atoms with E-state index in [1.807, 2.05) is 6.92 Å². The minimum atomic E-state index is -0.151. The van der Waals surface area contributed by atoms with Crippen LogP contribution in [0.1, 0.15) is 51.7 Å². The average molecular weight is 220 g/mol. The molecule has 0 aromatic heterocycles. The van der Waals surface area contributed by atoms with Crippen LogP contribution in [-0.4, -0.2) is 11.2 Å². The van der Waals surface area contributed by atoms with Gasteiger partial charge in [0.1, 0.15) is 0 Å². The first-order chi connectivity index (χ1) is 7.43. The highest BCUT2D eigenvalue weighted by Gasteiger charge is 2.12. The Kier molecular flexibility index (Phi) is 4.55. The predicted octanol–water partition coefficient (Wildman–Crippen LogP) is 3.69. The van der Waals surface area contributed by atoms with Crippen molar-refractivity contribution in [2.45, 2.75) is 58.5 Å². The van der Waals surface area contributed by atoms with Crippen molar-refractivity contribution < 1.29 is 5.11 Å². The molecule has 0 aliphatic carbocycles. The first kappa shape index (κ1) is 13.2. The van der Waals surface area contributed by atoms with Gasteiger partial charge >= 0.3 is 0 Å². The maximum atomic E-state index is 9.50. The van der Waals surface area contributed by atoms with Crippen LogP contribution in [0.3, 0.4) is 0 Å². The molecule has 0 aliphatic rings. The summed E-state index contributed by atoms with van der Waals surface area (Å²) in [5.74, 6) is 0. The standard InChI is InChI=1S/C15H24O/c1-5-14(16)11-8-12-6-9-13(10-7-12)15(2,3)4/h6-7,9-10,14,16H,5,8,11H2,1-4H3. The van der Waals surface area contributed by atoms with Gasteiger partial charge in [-0.3, -0.25) is 0 Å². The van der Waals surface area contributed by atoms with Gasteiger partial charge in [-0.15, -0.1) is 0 Å². The van der Waals surface area contributed by atoms with Crippen LogP contribution < -0.4 is 0 Å². The first-order valence-electron chi connectivity index (χ1n) is 6.21. The summed E-state index contributed by atoms with van der Waals surface area (Å²) in [6.45, 7) is 8.70. The molecule has 0 aliphatic heterocycles. The Morgan fingerprint density at radius 3 is 2.12 bits per heavy atom. The fourth-order valence-corrected chi connectivity index (χ4v) is 1.71. The van der Waals surface area contributed by atoms with Crippen molar-refractivity contribution in [2.24, 2.45) is 0 Å². The molecule has 0 bridgehead atoms. The fourth-order valence-electron chi connectivity index (χ4n) is 1.71. The van der Waals surface area contributed by atoms with Crippen molar-refractivity contribution in [1.82, 2.24) is 0 Å². The van der Waals surface area contributed by atoms with E-state index in [2.05, 4.69) is 45.0 Å². The summed E-state index contributed by atoms with van der Waals surface area (Å²) in [7, 11) is 0. The minimum Gasteiger partial charge on any atom is -0.393 e. The molecule has 0 radical (unpaired) electrons. The maximum absolute atomic E-state index is 9.50. The van der Waals surface area contributed by atoms with Crippen LogP contribution in [0.2, 0.25) is 0 Å². The van der Waals surface area contributed by atoms with Crippen LogP contribution in [0.25, 0.3) is 0 Å². The largest absolute Gasteiger partial charge is 0.393 e. The Bertz CT molecular complexity index is 305. The molecule has 0 saturated heterocycles. The minimum absolute atomic E-state index is 0.151. The Morgan fingerprint density at radius 2 is 1.69 bits per heavy atom. The van der Waals surface area contributed by atoms with Crippen LogP contribution >= 0.6 is 0 Å². The lowest BCUT2D eigenvalue weighted by atomic mass is 9.86. The lowest BCUT2D eigenvalue weighted by Crippen LogP contribution is -2.11. The second-order valence-corrected chi connectivity index (χ2v) is 5.55. The van der Waals surface area contributed by atoms with E-state index in [9.17, 15) is 5.11 Å². The monoisotopic (exact) mass is 220 g/mol. The molecule has 0 fully saturated rings. The molecule has 1 unspecified atom stereocenters. The van der Waals surface area contributed by atoms with Gasteiger partial charge in [0, 0.05) is 0 Å². The van der Waals surface area contributed by atoms with Crippen molar-refractivity contribution in [3.05, 3.63) is 35.4 Å². The lowest BCUT2D eigenvalue weighted by Gasteiger charge is -2.19. The van der Waals surface area contributed by atoms with Gasteiger partial charge in [-0.05, 0) is 35.8 Å². The van der Waals surface area contributed by atoms with E-state index in [-0.39, 0.29) is 11.5 Å². The number of aliphatic hydroxyl groups is 1. The third-order valence-electron chi connectivity index (χ3n) is 3.06. The number of aryl methyl sites for hydroxylation is 1. The number of aliphatic hydroxyl groups excluding tert-OH is 1. The number of hydrogen-bond donors (Lipinski definition) is 1. The van der Waals surface area contributed by atoms with Crippen LogP contribution in [0.4, 0.5) is 0 Å². The average Bonchev–Trinajstić information content (AvgIpc) is 2.25. The Balaban J connectivity index is 2.58. The van der Waals surface area contributed by atoms with Crippen LogP contribution in [0.15, 0.2) is 24.3 Å². The van der Waals surface area contributed by atoms with Crippen LogP contribution in [0, 0.1) is 0 Å². The lowest BCUT2D eigenvalue weighted by molar-refractivity contribution is 0.160. The Labute approximate surface area is 99.5 Å². The summed E-state index contributed by atoms with van der Waals surface area (Å²) in [5, 5.41) is 9.50. The van der Waals surface area contributed by atoms with Gasteiger partial charge < -0.3 is 5.11 Å². The van der Waals surface area contributed by atoms with E-state index in [1.165, 1.54) is 11.1 Å². The Morgan fingerprint density at radius 1 is 1.12 bits per heavy atom. The zero-order chi connectivity index (χ0) is 12.2. The molecular weight excluding hydrogens is 196 g/mol. The molecule has 1 aromatic carbocycles. The van der Waals surface area contributed by atoms with E-state index in [0.717, 1.165) is 19.3 Å². The molecule has 0 spiro atoms. The van der Waals surface area contributed by atoms with E-state index in [0.29, 0.717) is 0 Å². The topological polar surface area (TPSA) is 20.2 Å².